The molecule has 0 atom stereocenters. The van der Waals surface area contributed by atoms with Crippen LogP contribution in [0.25, 0.3) is 10.2 Å². The maximum atomic E-state index is 5.51. The number of thiocarbonyl (C=S) groups is 1. The molecular formula is C13H10N4S2. The number of pyridine rings is 1. The van der Waals surface area contributed by atoms with Crippen LogP contribution >= 0.6 is 23.6 Å². The van der Waals surface area contributed by atoms with E-state index >= 15 is 0 Å². The molecule has 0 aliphatic heterocycles. The summed E-state index contributed by atoms with van der Waals surface area (Å²) in [6, 6.07) is 11.7. The van der Waals surface area contributed by atoms with Crippen LogP contribution in [-0.4, -0.2) is 15.0 Å². The number of aromatic nitrogens is 2. The Balaban J connectivity index is 1.86. The lowest BCUT2D eigenvalue weighted by Crippen LogP contribution is -2.11. The first-order valence-corrected chi connectivity index (χ1v) is 6.83. The van der Waals surface area contributed by atoms with E-state index in [0.29, 0.717) is 10.7 Å². The van der Waals surface area contributed by atoms with Crippen molar-refractivity contribution in [1.82, 2.24) is 9.97 Å². The third-order valence-electron chi connectivity index (χ3n) is 2.56. The fourth-order valence-corrected chi connectivity index (χ4v) is 2.67. The van der Waals surface area contributed by atoms with Gasteiger partial charge in [-0.1, -0.05) is 35.7 Å². The summed E-state index contributed by atoms with van der Waals surface area (Å²) in [5, 5.41) is 4.06. The summed E-state index contributed by atoms with van der Waals surface area (Å²) in [6.07, 6.45) is 1.69. The molecule has 94 valence electrons. The highest BCUT2D eigenvalue weighted by molar-refractivity contribution is 7.80. The van der Waals surface area contributed by atoms with Crippen molar-refractivity contribution in [1.29, 1.82) is 0 Å². The molecule has 0 saturated heterocycles. The lowest BCUT2D eigenvalue weighted by atomic mass is 10.3. The predicted molar refractivity (Wildman–Crippen MR) is 83.0 cm³/mol. The minimum atomic E-state index is 0.298. The van der Waals surface area contributed by atoms with E-state index < -0.39 is 0 Å². The molecule has 3 rings (SSSR count). The van der Waals surface area contributed by atoms with E-state index in [1.807, 2.05) is 30.3 Å². The maximum Gasteiger partial charge on any atom is 0.188 e. The zero-order chi connectivity index (χ0) is 13.2. The Morgan fingerprint density at radius 3 is 2.74 bits per heavy atom. The molecule has 3 N–H and O–H groups in total. The van der Waals surface area contributed by atoms with Crippen molar-refractivity contribution in [3.8, 4) is 0 Å². The van der Waals surface area contributed by atoms with E-state index in [-0.39, 0.29) is 0 Å². The molecule has 19 heavy (non-hydrogen) atoms. The SMILES string of the molecule is NC(=S)c1ccc(Nc2nc3ccccc3s2)cn1. The Kier molecular flexibility index (Phi) is 3.10. The highest BCUT2D eigenvalue weighted by Gasteiger charge is 2.04. The maximum absolute atomic E-state index is 5.51. The van der Waals surface area contributed by atoms with Crippen molar-refractivity contribution in [3.63, 3.8) is 0 Å². The molecule has 4 nitrogen and oxygen atoms in total. The second-order valence-corrected chi connectivity index (χ2v) is 5.38. The molecule has 0 aliphatic carbocycles. The number of hydrogen-bond acceptors (Lipinski definition) is 5. The summed E-state index contributed by atoms with van der Waals surface area (Å²) in [5.74, 6) is 0. The summed E-state index contributed by atoms with van der Waals surface area (Å²) in [7, 11) is 0. The molecule has 0 bridgehead atoms. The average Bonchev–Trinajstić information content (AvgIpc) is 2.81. The van der Waals surface area contributed by atoms with Crippen molar-refractivity contribution in [2.24, 2.45) is 5.73 Å². The van der Waals surface area contributed by atoms with E-state index in [0.717, 1.165) is 21.0 Å². The van der Waals surface area contributed by atoms with Crippen molar-refractivity contribution in [3.05, 3.63) is 48.3 Å². The molecule has 6 heteroatoms. The number of benzene rings is 1. The second-order valence-electron chi connectivity index (χ2n) is 3.91. The standard InChI is InChI=1S/C13H10N4S2/c14-12(18)10-6-5-8(7-15-10)16-13-17-9-3-1-2-4-11(9)19-13/h1-7H,(H2,14,18)(H,16,17). The lowest BCUT2D eigenvalue weighted by Gasteiger charge is -2.02. The van der Waals surface area contributed by atoms with Gasteiger partial charge in [-0.05, 0) is 24.3 Å². The van der Waals surface area contributed by atoms with Crippen molar-refractivity contribution in [2.75, 3.05) is 5.32 Å². The van der Waals surface area contributed by atoms with Gasteiger partial charge in [0.2, 0.25) is 0 Å². The van der Waals surface area contributed by atoms with Crippen LogP contribution in [0.15, 0.2) is 42.6 Å². The van der Waals surface area contributed by atoms with Gasteiger partial charge in [-0.2, -0.15) is 0 Å². The number of thiazole rings is 1. The third kappa shape index (κ3) is 2.54. The van der Waals surface area contributed by atoms with Crippen LogP contribution in [0.2, 0.25) is 0 Å². The van der Waals surface area contributed by atoms with Crippen molar-refractivity contribution >= 4 is 49.6 Å². The largest absolute Gasteiger partial charge is 0.388 e. The van der Waals surface area contributed by atoms with Crippen LogP contribution in [-0.2, 0) is 0 Å². The number of para-hydroxylation sites is 1. The fraction of sp³-hybridized carbons (Fsp3) is 0. The van der Waals surface area contributed by atoms with Crippen molar-refractivity contribution < 1.29 is 0 Å². The third-order valence-corrected chi connectivity index (χ3v) is 3.72. The van der Waals surface area contributed by atoms with Gasteiger partial charge in [0.05, 0.1) is 27.8 Å². The first-order valence-electron chi connectivity index (χ1n) is 5.61. The number of nitrogens with zero attached hydrogens (tertiary/aromatic N) is 2. The minimum Gasteiger partial charge on any atom is -0.388 e. The zero-order valence-electron chi connectivity index (χ0n) is 9.83. The predicted octanol–water partition coefficient (Wildman–Crippen LogP) is 3.07. The van der Waals surface area contributed by atoms with E-state index in [9.17, 15) is 0 Å². The molecule has 2 aromatic heterocycles. The molecular weight excluding hydrogens is 276 g/mol. The molecule has 1 aromatic carbocycles. The smallest absolute Gasteiger partial charge is 0.188 e. The first-order chi connectivity index (χ1) is 9.22. The van der Waals surface area contributed by atoms with Gasteiger partial charge in [0, 0.05) is 0 Å². The number of hydrogen-bond donors (Lipinski definition) is 2. The number of rotatable bonds is 3. The Labute approximate surface area is 119 Å². The number of anilines is 2. The highest BCUT2D eigenvalue weighted by atomic mass is 32.1. The van der Waals surface area contributed by atoms with Gasteiger partial charge in [-0.15, -0.1) is 0 Å². The molecule has 0 unspecified atom stereocenters. The molecule has 0 amide bonds. The molecule has 3 aromatic rings. The van der Waals surface area contributed by atoms with Gasteiger partial charge in [0.1, 0.15) is 4.99 Å². The van der Waals surface area contributed by atoms with Crippen molar-refractivity contribution in [2.45, 2.75) is 0 Å². The molecule has 0 aliphatic rings. The van der Waals surface area contributed by atoms with Crippen LogP contribution < -0.4 is 11.1 Å². The van der Waals surface area contributed by atoms with Gasteiger partial charge >= 0.3 is 0 Å². The van der Waals surface area contributed by atoms with E-state index in [1.54, 1.807) is 23.6 Å². The van der Waals surface area contributed by atoms with Gasteiger partial charge < -0.3 is 11.1 Å². The van der Waals surface area contributed by atoms with Gasteiger partial charge in [0.25, 0.3) is 0 Å². The van der Waals surface area contributed by atoms with Crippen LogP contribution in [0.1, 0.15) is 5.69 Å². The van der Waals surface area contributed by atoms with E-state index in [4.69, 9.17) is 18.0 Å². The highest BCUT2D eigenvalue weighted by Crippen LogP contribution is 2.27. The molecule has 0 fully saturated rings. The van der Waals surface area contributed by atoms with Gasteiger partial charge in [-0.25, -0.2) is 4.98 Å². The minimum absolute atomic E-state index is 0.298. The summed E-state index contributed by atoms with van der Waals surface area (Å²) in [5.41, 5.74) is 7.97. The zero-order valence-corrected chi connectivity index (χ0v) is 11.5. The summed E-state index contributed by atoms with van der Waals surface area (Å²) in [6.45, 7) is 0. The Hall–Kier alpha value is -2.05. The second kappa shape index (κ2) is 4.91. The number of nitrogens with one attached hydrogen (secondary N) is 1. The quantitative estimate of drug-likeness (QED) is 0.724. The van der Waals surface area contributed by atoms with Gasteiger partial charge in [0.15, 0.2) is 5.13 Å². The van der Waals surface area contributed by atoms with E-state index in [2.05, 4.69) is 15.3 Å². The van der Waals surface area contributed by atoms with Crippen LogP contribution in [0.3, 0.4) is 0 Å². The van der Waals surface area contributed by atoms with Crippen LogP contribution in [0.5, 0.6) is 0 Å². The lowest BCUT2D eigenvalue weighted by molar-refractivity contribution is 1.28. The first kappa shape index (κ1) is 12.0. The summed E-state index contributed by atoms with van der Waals surface area (Å²) >= 11 is 6.47. The topological polar surface area (TPSA) is 63.8 Å². The summed E-state index contributed by atoms with van der Waals surface area (Å²) in [4.78, 5) is 8.97. The van der Waals surface area contributed by atoms with E-state index in [1.165, 1.54) is 0 Å². The fourth-order valence-electron chi connectivity index (χ4n) is 1.66. The van der Waals surface area contributed by atoms with Crippen LogP contribution in [0, 0.1) is 0 Å². The molecule has 0 radical (unpaired) electrons. The Morgan fingerprint density at radius 1 is 1.21 bits per heavy atom. The molecule has 0 saturated carbocycles. The molecule has 2 heterocycles. The monoisotopic (exact) mass is 286 g/mol. The van der Waals surface area contributed by atoms with Gasteiger partial charge in [-0.3, -0.25) is 4.98 Å². The average molecular weight is 286 g/mol. The van der Waals surface area contributed by atoms with Crippen LogP contribution in [0.4, 0.5) is 10.8 Å². The number of fused-ring (bicyclic) bond motifs is 1. The summed E-state index contributed by atoms with van der Waals surface area (Å²) < 4.78 is 1.15. The normalized spacial score (nSPS) is 10.5. The number of nitrogens with two attached hydrogens (primary N) is 1. The molecule has 0 spiro atoms. The Bertz CT molecular complexity index is 701. The Morgan fingerprint density at radius 2 is 2.05 bits per heavy atom.